The van der Waals surface area contributed by atoms with Crippen LogP contribution in [-0.2, 0) is 11.3 Å². The molecule has 1 saturated carbocycles. The van der Waals surface area contributed by atoms with E-state index in [9.17, 15) is 0 Å². The molecule has 1 heterocycles. The maximum atomic E-state index is 8.79. The van der Waals surface area contributed by atoms with Crippen molar-refractivity contribution in [2.45, 2.75) is 50.7 Å². The molecule has 0 unspecified atom stereocenters. The van der Waals surface area contributed by atoms with Crippen LogP contribution in [0.25, 0.3) is 0 Å². The van der Waals surface area contributed by atoms with Crippen molar-refractivity contribution in [1.29, 1.82) is 5.26 Å². The van der Waals surface area contributed by atoms with Crippen LogP contribution in [0.4, 0.5) is 0 Å². The molecule has 0 radical (unpaired) electrons. The van der Waals surface area contributed by atoms with Gasteiger partial charge in [-0.05, 0) is 30.5 Å². The van der Waals surface area contributed by atoms with Gasteiger partial charge in [-0.15, -0.1) is 0 Å². The predicted octanol–water partition coefficient (Wildman–Crippen LogP) is 2.52. The Morgan fingerprint density at radius 2 is 2.05 bits per heavy atom. The van der Waals surface area contributed by atoms with E-state index in [0.717, 1.165) is 18.4 Å². The first-order valence-corrected chi connectivity index (χ1v) is 6.94. The molecule has 0 saturated heterocycles. The minimum absolute atomic E-state index is 0.165. The van der Waals surface area contributed by atoms with Crippen molar-refractivity contribution in [2.75, 3.05) is 6.61 Å². The molecule has 4 heteroatoms. The Morgan fingerprint density at radius 1 is 1.32 bits per heavy atom. The second-order valence-electron chi connectivity index (χ2n) is 5.43. The van der Waals surface area contributed by atoms with Crippen LogP contribution >= 0.6 is 0 Å². The third-order valence-corrected chi connectivity index (χ3v) is 3.70. The number of nitriles is 1. The fourth-order valence-electron chi connectivity index (χ4n) is 2.57. The Balaban J connectivity index is 1.83. The van der Waals surface area contributed by atoms with Crippen molar-refractivity contribution in [3.8, 4) is 6.07 Å². The first kappa shape index (κ1) is 14.0. The Morgan fingerprint density at radius 3 is 2.74 bits per heavy atom. The molecule has 0 atom stereocenters. The number of aromatic nitrogens is 1. The summed E-state index contributed by atoms with van der Waals surface area (Å²) < 4.78 is 5.76. The van der Waals surface area contributed by atoms with E-state index in [0.29, 0.717) is 18.9 Å². The molecule has 4 nitrogen and oxygen atoms in total. The number of hydrogen-bond acceptors (Lipinski definition) is 4. The highest BCUT2D eigenvalue weighted by Crippen LogP contribution is 2.25. The Kier molecular flexibility index (Phi) is 4.89. The average Bonchev–Trinajstić information content (AvgIpc) is 2.64. The van der Waals surface area contributed by atoms with Crippen LogP contribution in [0.5, 0.6) is 0 Å². The van der Waals surface area contributed by atoms with E-state index in [1.807, 2.05) is 12.1 Å². The van der Waals surface area contributed by atoms with Gasteiger partial charge in [0, 0.05) is 11.7 Å². The zero-order chi connectivity index (χ0) is 13.6. The van der Waals surface area contributed by atoms with Crippen LogP contribution in [0.2, 0.25) is 0 Å². The molecule has 102 valence electrons. The van der Waals surface area contributed by atoms with Gasteiger partial charge in [0.2, 0.25) is 0 Å². The van der Waals surface area contributed by atoms with Crippen molar-refractivity contribution >= 4 is 0 Å². The molecule has 0 aliphatic heterocycles. The van der Waals surface area contributed by atoms with Crippen molar-refractivity contribution in [2.24, 2.45) is 5.73 Å². The van der Waals surface area contributed by atoms with E-state index in [4.69, 9.17) is 15.7 Å². The molecule has 1 aromatic rings. The van der Waals surface area contributed by atoms with Crippen molar-refractivity contribution in [3.05, 3.63) is 29.6 Å². The molecule has 2 N–H and O–H groups in total. The summed E-state index contributed by atoms with van der Waals surface area (Å²) in [5.74, 6) is 0. The van der Waals surface area contributed by atoms with Gasteiger partial charge in [-0.25, -0.2) is 4.98 Å². The van der Waals surface area contributed by atoms with Crippen LogP contribution in [0.1, 0.15) is 49.8 Å². The summed E-state index contributed by atoms with van der Waals surface area (Å²) in [6.07, 6.45) is 8.71. The lowest BCUT2D eigenvalue weighted by molar-refractivity contribution is 0.0667. The normalized spacial score (nSPS) is 18.5. The predicted molar refractivity (Wildman–Crippen MR) is 73.2 cm³/mol. The molecule has 2 rings (SSSR count). The quantitative estimate of drug-likeness (QED) is 0.843. The molecular formula is C15H21N3O. The molecule has 1 aromatic heterocycles. The van der Waals surface area contributed by atoms with Crippen LogP contribution in [0.3, 0.4) is 0 Å². The van der Waals surface area contributed by atoms with E-state index in [1.54, 1.807) is 12.3 Å². The van der Waals surface area contributed by atoms with Crippen LogP contribution < -0.4 is 5.73 Å². The third-order valence-electron chi connectivity index (χ3n) is 3.70. The molecule has 0 amide bonds. The largest absolute Gasteiger partial charge is 0.375 e. The van der Waals surface area contributed by atoms with Gasteiger partial charge < -0.3 is 10.5 Å². The second-order valence-corrected chi connectivity index (χ2v) is 5.43. The zero-order valence-electron chi connectivity index (χ0n) is 11.3. The molecule has 0 aromatic carbocycles. The maximum Gasteiger partial charge on any atom is 0.140 e. The molecule has 1 aliphatic rings. The highest BCUT2D eigenvalue weighted by atomic mass is 16.5. The monoisotopic (exact) mass is 259 g/mol. The topological polar surface area (TPSA) is 71.9 Å². The zero-order valence-corrected chi connectivity index (χ0v) is 11.3. The molecule has 1 fully saturated rings. The third kappa shape index (κ3) is 4.30. The van der Waals surface area contributed by atoms with Crippen molar-refractivity contribution in [1.82, 2.24) is 4.98 Å². The smallest absolute Gasteiger partial charge is 0.140 e. The fraction of sp³-hybridized carbons (Fsp3) is 0.600. The van der Waals surface area contributed by atoms with Crippen LogP contribution in [0.15, 0.2) is 18.3 Å². The molecule has 19 heavy (non-hydrogen) atoms. The standard InChI is InChI=1S/C15H21N3O/c16-10-14-9-13(5-8-18-14)11-19-12-15(17)6-3-1-2-4-7-15/h5,8-9H,1-4,6-7,11-12,17H2. The second kappa shape index (κ2) is 6.65. The highest BCUT2D eigenvalue weighted by Gasteiger charge is 2.26. The fourth-order valence-corrected chi connectivity index (χ4v) is 2.57. The van der Waals surface area contributed by atoms with E-state index in [2.05, 4.69) is 4.98 Å². The molecule has 0 spiro atoms. The summed E-state index contributed by atoms with van der Waals surface area (Å²) in [7, 11) is 0. The van der Waals surface area contributed by atoms with Crippen molar-refractivity contribution in [3.63, 3.8) is 0 Å². The van der Waals surface area contributed by atoms with Crippen LogP contribution in [0, 0.1) is 11.3 Å². The number of nitrogens with two attached hydrogens (primary N) is 1. The van der Waals surface area contributed by atoms with E-state index < -0.39 is 0 Å². The minimum Gasteiger partial charge on any atom is -0.375 e. The molecule has 0 bridgehead atoms. The van der Waals surface area contributed by atoms with Gasteiger partial charge in [0.15, 0.2) is 0 Å². The van der Waals surface area contributed by atoms with Gasteiger partial charge >= 0.3 is 0 Å². The van der Waals surface area contributed by atoms with E-state index in [-0.39, 0.29) is 5.54 Å². The van der Waals surface area contributed by atoms with Crippen molar-refractivity contribution < 1.29 is 4.74 Å². The van der Waals surface area contributed by atoms with Gasteiger partial charge in [-0.1, -0.05) is 25.7 Å². The molecule has 1 aliphatic carbocycles. The summed E-state index contributed by atoms with van der Waals surface area (Å²) >= 11 is 0. The number of pyridine rings is 1. The number of nitrogens with zero attached hydrogens (tertiary/aromatic N) is 2. The summed E-state index contributed by atoms with van der Waals surface area (Å²) in [5, 5.41) is 8.79. The van der Waals surface area contributed by atoms with E-state index in [1.165, 1.54) is 25.7 Å². The molecular weight excluding hydrogens is 238 g/mol. The lowest BCUT2D eigenvalue weighted by Gasteiger charge is -2.27. The summed E-state index contributed by atoms with van der Waals surface area (Å²) in [6, 6.07) is 5.66. The van der Waals surface area contributed by atoms with Gasteiger partial charge in [0.05, 0.1) is 13.2 Å². The Labute approximate surface area is 114 Å². The van der Waals surface area contributed by atoms with Gasteiger partial charge in [-0.2, -0.15) is 5.26 Å². The SMILES string of the molecule is N#Cc1cc(COCC2(N)CCCCCC2)ccn1. The Hall–Kier alpha value is -1.44. The van der Waals surface area contributed by atoms with Gasteiger partial charge in [0.1, 0.15) is 11.8 Å². The summed E-state index contributed by atoms with van der Waals surface area (Å²) in [4.78, 5) is 3.94. The number of ether oxygens (including phenoxy) is 1. The van der Waals surface area contributed by atoms with Gasteiger partial charge in [0.25, 0.3) is 0 Å². The maximum absolute atomic E-state index is 8.79. The first-order valence-electron chi connectivity index (χ1n) is 6.94. The minimum atomic E-state index is -0.165. The van der Waals surface area contributed by atoms with Gasteiger partial charge in [-0.3, -0.25) is 0 Å². The Bertz CT molecular complexity index is 445. The summed E-state index contributed by atoms with van der Waals surface area (Å²) in [5.41, 5.74) is 7.63. The first-order chi connectivity index (χ1) is 9.22. The lowest BCUT2D eigenvalue weighted by Crippen LogP contribution is -2.43. The number of rotatable bonds is 4. The van der Waals surface area contributed by atoms with Crippen LogP contribution in [-0.4, -0.2) is 17.1 Å². The average molecular weight is 259 g/mol. The van der Waals surface area contributed by atoms with E-state index >= 15 is 0 Å². The highest BCUT2D eigenvalue weighted by molar-refractivity contribution is 5.24. The lowest BCUT2D eigenvalue weighted by atomic mass is 9.93. The summed E-state index contributed by atoms with van der Waals surface area (Å²) in [6.45, 7) is 1.09. The number of hydrogen-bond donors (Lipinski definition) is 1.